The molecule has 2 unspecified atom stereocenters. The molecular weight excluding hydrogens is 208 g/mol. The fourth-order valence-electron chi connectivity index (χ4n) is 3.30. The Morgan fingerprint density at radius 2 is 2.00 bits per heavy atom. The molecule has 2 fully saturated rings. The second-order valence-electron chi connectivity index (χ2n) is 5.55. The van der Waals surface area contributed by atoms with E-state index in [1.165, 1.54) is 36.9 Å². The van der Waals surface area contributed by atoms with Crippen molar-refractivity contribution in [1.29, 1.82) is 0 Å². The first-order valence-electron chi connectivity index (χ1n) is 6.82. The Morgan fingerprint density at radius 3 is 2.65 bits per heavy atom. The maximum atomic E-state index is 5.97. The molecule has 2 heteroatoms. The van der Waals surface area contributed by atoms with Crippen molar-refractivity contribution in [1.82, 2.24) is 4.90 Å². The highest BCUT2D eigenvalue weighted by molar-refractivity contribution is 5.30. The van der Waals surface area contributed by atoms with E-state index < -0.39 is 0 Å². The third-order valence-electron chi connectivity index (χ3n) is 4.39. The summed E-state index contributed by atoms with van der Waals surface area (Å²) in [5.41, 5.74) is 8.89. The highest BCUT2D eigenvalue weighted by Crippen LogP contribution is 2.44. The van der Waals surface area contributed by atoms with Gasteiger partial charge in [0.2, 0.25) is 0 Å². The molecule has 1 heterocycles. The molecule has 1 aromatic carbocycles. The van der Waals surface area contributed by atoms with Crippen LogP contribution in [0.1, 0.15) is 36.4 Å². The van der Waals surface area contributed by atoms with E-state index in [0.29, 0.717) is 12.0 Å². The number of nitrogens with zero attached hydrogens (tertiary/aromatic N) is 1. The molecule has 0 amide bonds. The van der Waals surface area contributed by atoms with Crippen LogP contribution in [0.4, 0.5) is 0 Å². The second kappa shape index (κ2) is 4.43. The molecule has 0 aromatic heterocycles. The van der Waals surface area contributed by atoms with E-state index in [1.54, 1.807) is 0 Å². The molecule has 2 aliphatic rings. The van der Waals surface area contributed by atoms with Gasteiger partial charge in [-0.3, -0.25) is 4.90 Å². The van der Waals surface area contributed by atoms with Crippen LogP contribution in [-0.2, 0) is 0 Å². The van der Waals surface area contributed by atoms with Gasteiger partial charge < -0.3 is 5.73 Å². The van der Waals surface area contributed by atoms with Crippen molar-refractivity contribution in [3.63, 3.8) is 0 Å². The maximum absolute atomic E-state index is 5.97. The minimum atomic E-state index is 0.577. The van der Waals surface area contributed by atoms with Gasteiger partial charge in [-0.05, 0) is 56.3 Å². The van der Waals surface area contributed by atoms with Crippen molar-refractivity contribution < 1.29 is 0 Å². The third-order valence-corrected chi connectivity index (χ3v) is 4.39. The van der Waals surface area contributed by atoms with Crippen LogP contribution in [0.5, 0.6) is 0 Å². The molecule has 0 spiro atoms. The molecule has 1 aliphatic carbocycles. The summed E-state index contributed by atoms with van der Waals surface area (Å²) in [6.45, 7) is 4.29. The largest absolute Gasteiger partial charge is 0.330 e. The Bertz CT molecular complexity index is 398. The summed E-state index contributed by atoms with van der Waals surface area (Å²) in [5, 5.41) is 0. The smallest absolute Gasteiger partial charge is 0.0394 e. The highest BCUT2D eigenvalue weighted by atomic mass is 15.2. The molecule has 2 nitrogen and oxygen atoms in total. The minimum absolute atomic E-state index is 0.577. The van der Waals surface area contributed by atoms with Gasteiger partial charge in [0.05, 0.1) is 0 Å². The maximum Gasteiger partial charge on any atom is 0.0394 e. The predicted octanol–water partition coefficient (Wildman–Crippen LogP) is 2.48. The summed E-state index contributed by atoms with van der Waals surface area (Å²) in [5.74, 6) is 0.650. The molecule has 1 aliphatic heterocycles. The zero-order valence-corrected chi connectivity index (χ0v) is 10.6. The number of aryl methyl sites for hydroxylation is 1. The molecule has 1 aromatic rings. The quantitative estimate of drug-likeness (QED) is 0.864. The highest BCUT2D eigenvalue weighted by Gasteiger charge is 2.42. The number of benzene rings is 1. The summed E-state index contributed by atoms with van der Waals surface area (Å²) >= 11 is 0. The van der Waals surface area contributed by atoms with Gasteiger partial charge in [0, 0.05) is 12.1 Å². The first-order chi connectivity index (χ1) is 8.31. The van der Waals surface area contributed by atoms with Gasteiger partial charge in [-0.15, -0.1) is 0 Å². The van der Waals surface area contributed by atoms with E-state index in [9.17, 15) is 0 Å². The van der Waals surface area contributed by atoms with E-state index in [1.807, 2.05) is 0 Å². The Morgan fingerprint density at radius 1 is 1.24 bits per heavy atom. The number of nitrogens with two attached hydrogens (primary N) is 1. The summed E-state index contributed by atoms with van der Waals surface area (Å²) in [6.07, 6.45) is 4.05. The monoisotopic (exact) mass is 230 g/mol. The van der Waals surface area contributed by atoms with Gasteiger partial charge in [0.25, 0.3) is 0 Å². The van der Waals surface area contributed by atoms with Gasteiger partial charge in [0.15, 0.2) is 0 Å². The van der Waals surface area contributed by atoms with Gasteiger partial charge in [0.1, 0.15) is 0 Å². The topological polar surface area (TPSA) is 29.3 Å². The molecule has 2 atom stereocenters. The lowest BCUT2D eigenvalue weighted by Crippen LogP contribution is -2.30. The number of hydrogen-bond acceptors (Lipinski definition) is 2. The molecular formula is C15H22N2. The SMILES string of the molecule is Cc1ccccc1C1C(CN)CCN1C1CC1. The van der Waals surface area contributed by atoms with Gasteiger partial charge in [-0.2, -0.15) is 0 Å². The molecule has 0 radical (unpaired) electrons. The number of likely N-dealkylation sites (tertiary alicyclic amines) is 1. The van der Waals surface area contributed by atoms with Crippen molar-refractivity contribution in [2.75, 3.05) is 13.1 Å². The fraction of sp³-hybridized carbons (Fsp3) is 0.600. The van der Waals surface area contributed by atoms with Crippen LogP contribution in [-0.4, -0.2) is 24.0 Å². The number of hydrogen-bond donors (Lipinski definition) is 1. The van der Waals surface area contributed by atoms with Crippen molar-refractivity contribution in [3.8, 4) is 0 Å². The average Bonchev–Trinajstić information content (AvgIpc) is 3.10. The lowest BCUT2D eigenvalue weighted by Gasteiger charge is -2.29. The molecule has 2 N–H and O–H groups in total. The van der Waals surface area contributed by atoms with Crippen molar-refractivity contribution in [2.24, 2.45) is 11.7 Å². The van der Waals surface area contributed by atoms with E-state index in [2.05, 4.69) is 36.1 Å². The van der Waals surface area contributed by atoms with Crippen molar-refractivity contribution >= 4 is 0 Å². The van der Waals surface area contributed by atoms with Crippen LogP contribution in [0.3, 0.4) is 0 Å². The first-order valence-corrected chi connectivity index (χ1v) is 6.82. The molecule has 1 saturated heterocycles. The van der Waals surface area contributed by atoms with E-state index in [4.69, 9.17) is 5.73 Å². The Hall–Kier alpha value is -0.860. The lowest BCUT2D eigenvalue weighted by atomic mass is 9.91. The Kier molecular flexibility index (Phi) is 2.93. The third kappa shape index (κ3) is 2.00. The summed E-state index contributed by atoms with van der Waals surface area (Å²) in [6, 6.07) is 10.2. The van der Waals surface area contributed by atoms with E-state index >= 15 is 0 Å². The van der Waals surface area contributed by atoms with Crippen LogP contribution in [0.2, 0.25) is 0 Å². The first kappa shape index (κ1) is 11.2. The second-order valence-corrected chi connectivity index (χ2v) is 5.55. The van der Waals surface area contributed by atoms with Crippen LogP contribution in [0, 0.1) is 12.8 Å². The predicted molar refractivity (Wildman–Crippen MR) is 70.8 cm³/mol. The van der Waals surface area contributed by atoms with Gasteiger partial charge in [-0.25, -0.2) is 0 Å². The Balaban J connectivity index is 1.93. The molecule has 17 heavy (non-hydrogen) atoms. The summed E-state index contributed by atoms with van der Waals surface area (Å²) in [7, 11) is 0. The molecule has 1 saturated carbocycles. The summed E-state index contributed by atoms with van der Waals surface area (Å²) in [4.78, 5) is 2.71. The van der Waals surface area contributed by atoms with Gasteiger partial charge in [-0.1, -0.05) is 24.3 Å². The Labute approximate surface area is 104 Å². The molecule has 92 valence electrons. The normalized spacial score (nSPS) is 29.8. The summed E-state index contributed by atoms with van der Waals surface area (Å²) < 4.78 is 0. The lowest BCUT2D eigenvalue weighted by molar-refractivity contribution is 0.220. The fourth-order valence-corrected chi connectivity index (χ4v) is 3.30. The van der Waals surface area contributed by atoms with Gasteiger partial charge >= 0.3 is 0 Å². The average molecular weight is 230 g/mol. The molecule has 0 bridgehead atoms. The standard InChI is InChI=1S/C15H22N2/c1-11-4-2-3-5-14(11)15-12(10-16)8-9-17(15)13-6-7-13/h2-5,12-13,15H,6-10,16H2,1H3. The van der Waals surface area contributed by atoms with E-state index in [0.717, 1.165) is 12.6 Å². The zero-order chi connectivity index (χ0) is 11.8. The van der Waals surface area contributed by atoms with Crippen LogP contribution < -0.4 is 5.73 Å². The van der Waals surface area contributed by atoms with Crippen LogP contribution >= 0.6 is 0 Å². The van der Waals surface area contributed by atoms with Crippen molar-refractivity contribution in [3.05, 3.63) is 35.4 Å². The minimum Gasteiger partial charge on any atom is -0.330 e. The zero-order valence-electron chi connectivity index (χ0n) is 10.6. The van der Waals surface area contributed by atoms with E-state index in [-0.39, 0.29) is 0 Å². The van der Waals surface area contributed by atoms with Crippen LogP contribution in [0.25, 0.3) is 0 Å². The number of rotatable bonds is 3. The van der Waals surface area contributed by atoms with Crippen molar-refractivity contribution in [2.45, 2.75) is 38.3 Å². The molecule has 3 rings (SSSR count). The van der Waals surface area contributed by atoms with Crippen LogP contribution in [0.15, 0.2) is 24.3 Å².